The molecule has 3 N–H and O–H groups in total. The van der Waals surface area contributed by atoms with Crippen LogP contribution in [0.3, 0.4) is 0 Å². The largest absolute Gasteiger partial charge is 0.383 e. The van der Waals surface area contributed by atoms with Crippen molar-refractivity contribution in [3.8, 4) is 0 Å². The number of nitrogens with two attached hydrogens (primary N) is 1. The molecule has 5 heteroatoms. The van der Waals surface area contributed by atoms with E-state index in [1.54, 1.807) is 0 Å². The average Bonchev–Trinajstić information content (AvgIpc) is 2.91. The van der Waals surface area contributed by atoms with Crippen LogP contribution in [0.25, 0.3) is 11.0 Å². The number of aromatic amines is 1. The highest BCUT2D eigenvalue weighted by Gasteiger charge is 2.25. The van der Waals surface area contributed by atoms with E-state index in [0.717, 1.165) is 16.7 Å². The number of anilines is 1. The molecule has 0 aliphatic heterocycles. The molecular formula is C16H21N5. The maximum Gasteiger partial charge on any atom is 0.182 e. The fourth-order valence-electron chi connectivity index (χ4n) is 2.60. The second kappa shape index (κ2) is 4.62. The number of nitrogen functional groups attached to an aromatic ring is 1. The number of hydrogen-bond acceptors (Lipinski definition) is 3. The zero-order valence-corrected chi connectivity index (χ0v) is 12.9. The SMILES string of the molecule is Cc1cccc(Cn2nc(C(C)(C)C)c3c(N)[nH]nc32)c1. The number of fused-ring (bicyclic) bond motifs is 1. The van der Waals surface area contributed by atoms with Gasteiger partial charge in [-0.2, -0.15) is 10.2 Å². The molecule has 110 valence electrons. The van der Waals surface area contributed by atoms with Gasteiger partial charge in [0.2, 0.25) is 0 Å². The Kier molecular flexibility index (Phi) is 3.01. The second-order valence-corrected chi connectivity index (χ2v) is 6.58. The van der Waals surface area contributed by atoms with Gasteiger partial charge in [0.25, 0.3) is 0 Å². The van der Waals surface area contributed by atoms with E-state index in [1.165, 1.54) is 11.1 Å². The van der Waals surface area contributed by atoms with E-state index in [-0.39, 0.29) is 5.41 Å². The molecule has 1 aromatic carbocycles. The predicted octanol–water partition coefficient (Wildman–Crippen LogP) is 3.00. The van der Waals surface area contributed by atoms with Crippen molar-refractivity contribution in [2.24, 2.45) is 0 Å². The summed E-state index contributed by atoms with van der Waals surface area (Å²) in [5, 5.41) is 12.9. The van der Waals surface area contributed by atoms with Gasteiger partial charge in [-0.3, -0.25) is 5.10 Å². The van der Waals surface area contributed by atoms with Crippen LogP contribution in [0.2, 0.25) is 0 Å². The number of aryl methyl sites for hydroxylation is 1. The number of nitrogens with zero attached hydrogens (tertiary/aromatic N) is 3. The van der Waals surface area contributed by atoms with E-state index < -0.39 is 0 Å². The zero-order valence-electron chi connectivity index (χ0n) is 12.9. The van der Waals surface area contributed by atoms with E-state index in [4.69, 9.17) is 10.8 Å². The molecule has 0 saturated carbocycles. The first-order valence-electron chi connectivity index (χ1n) is 7.12. The van der Waals surface area contributed by atoms with Crippen molar-refractivity contribution in [1.82, 2.24) is 20.0 Å². The summed E-state index contributed by atoms with van der Waals surface area (Å²) in [6.07, 6.45) is 0. The number of aromatic nitrogens is 4. The minimum atomic E-state index is -0.0753. The molecule has 0 aliphatic rings. The van der Waals surface area contributed by atoms with Crippen LogP contribution in [0.15, 0.2) is 24.3 Å². The van der Waals surface area contributed by atoms with Gasteiger partial charge in [0.05, 0.1) is 17.6 Å². The Morgan fingerprint density at radius 1 is 1.29 bits per heavy atom. The summed E-state index contributed by atoms with van der Waals surface area (Å²) in [4.78, 5) is 0. The Labute approximate surface area is 124 Å². The highest BCUT2D eigenvalue weighted by molar-refractivity contribution is 5.89. The minimum absolute atomic E-state index is 0.0753. The smallest absolute Gasteiger partial charge is 0.182 e. The summed E-state index contributed by atoms with van der Waals surface area (Å²) in [7, 11) is 0. The molecule has 0 fully saturated rings. The van der Waals surface area contributed by atoms with Crippen LogP contribution in [0.4, 0.5) is 5.82 Å². The van der Waals surface area contributed by atoms with Crippen LogP contribution in [0.5, 0.6) is 0 Å². The van der Waals surface area contributed by atoms with Gasteiger partial charge in [-0.25, -0.2) is 4.68 Å². The fraction of sp³-hybridized carbons (Fsp3) is 0.375. The highest BCUT2D eigenvalue weighted by atomic mass is 15.3. The number of rotatable bonds is 2. The van der Waals surface area contributed by atoms with Crippen LogP contribution in [0, 0.1) is 6.92 Å². The third kappa shape index (κ3) is 2.39. The lowest BCUT2D eigenvalue weighted by atomic mass is 9.91. The summed E-state index contributed by atoms with van der Waals surface area (Å²) >= 11 is 0. The first-order valence-corrected chi connectivity index (χ1v) is 7.12. The molecule has 2 heterocycles. The minimum Gasteiger partial charge on any atom is -0.383 e. The predicted molar refractivity (Wildman–Crippen MR) is 85.3 cm³/mol. The molecular weight excluding hydrogens is 262 g/mol. The van der Waals surface area contributed by atoms with Gasteiger partial charge < -0.3 is 5.73 Å². The van der Waals surface area contributed by atoms with E-state index in [1.807, 2.05) is 4.68 Å². The maximum absolute atomic E-state index is 6.03. The molecule has 3 aromatic rings. The third-order valence-electron chi connectivity index (χ3n) is 3.60. The number of H-pyrrole nitrogens is 1. The summed E-state index contributed by atoms with van der Waals surface area (Å²) in [5.74, 6) is 0.588. The Hall–Kier alpha value is -2.30. The normalized spacial score (nSPS) is 12.2. The van der Waals surface area contributed by atoms with Crippen molar-refractivity contribution >= 4 is 16.9 Å². The molecule has 0 atom stereocenters. The third-order valence-corrected chi connectivity index (χ3v) is 3.60. The first kappa shape index (κ1) is 13.7. The molecule has 0 aliphatic carbocycles. The standard InChI is InChI=1S/C16H21N5/c1-10-6-5-7-11(8-10)9-21-15-12(14(17)18-19-15)13(20-21)16(2,3)4/h5-8H,9H2,1-4H3,(H3,17,18,19). The van der Waals surface area contributed by atoms with E-state index >= 15 is 0 Å². The Morgan fingerprint density at radius 3 is 2.71 bits per heavy atom. The van der Waals surface area contributed by atoms with Crippen molar-refractivity contribution < 1.29 is 0 Å². The number of benzene rings is 1. The van der Waals surface area contributed by atoms with Gasteiger partial charge in [0.15, 0.2) is 5.65 Å². The maximum atomic E-state index is 6.03. The average molecular weight is 283 g/mol. The van der Waals surface area contributed by atoms with Crippen molar-refractivity contribution in [3.05, 3.63) is 41.1 Å². The van der Waals surface area contributed by atoms with Gasteiger partial charge >= 0.3 is 0 Å². The lowest BCUT2D eigenvalue weighted by molar-refractivity contribution is 0.549. The second-order valence-electron chi connectivity index (χ2n) is 6.58. The molecule has 5 nitrogen and oxygen atoms in total. The zero-order chi connectivity index (χ0) is 15.2. The lowest BCUT2D eigenvalue weighted by Crippen LogP contribution is -2.14. The Balaban J connectivity index is 2.11. The highest BCUT2D eigenvalue weighted by Crippen LogP contribution is 2.31. The van der Waals surface area contributed by atoms with Gasteiger partial charge in [-0.05, 0) is 12.5 Å². The first-order chi connectivity index (χ1) is 9.86. The molecule has 2 aromatic heterocycles. The van der Waals surface area contributed by atoms with Crippen LogP contribution in [0.1, 0.15) is 37.6 Å². The van der Waals surface area contributed by atoms with Crippen molar-refractivity contribution in [2.45, 2.75) is 39.7 Å². The van der Waals surface area contributed by atoms with Crippen LogP contribution >= 0.6 is 0 Å². The number of hydrogen-bond donors (Lipinski definition) is 2. The van der Waals surface area contributed by atoms with Crippen molar-refractivity contribution in [3.63, 3.8) is 0 Å². The molecule has 0 amide bonds. The molecule has 21 heavy (non-hydrogen) atoms. The summed E-state index contributed by atoms with van der Waals surface area (Å²) in [6.45, 7) is 9.20. The summed E-state index contributed by atoms with van der Waals surface area (Å²) < 4.78 is 1.93. The van der Waals surface area contributed by atoms with Crippen molar-refractivity contribution in [2.75, 3.05) is 5.73 Å². The lowest BCUT2D eigenvalue weighted by Gasteiger charge is -2.15. The Morgan fingerprint density at radius 2 is 2.05 bits per heavy atom. The molecule has 0 spiro atoms. The summed E-state index contributed by atoms with van der Waals surface area (Å²) in [6, 6.07) is 8.43. The molecule has 0 unspecified atom stereocenters. The van der Waals surface area contributed by atoms with Crippen LogP contribution in [-0.4, -0.2) is 20.0 Å². The van der Waals surface area contributed by atoms with Gasteiger partial charge in [-0.1, -0.05) is 50.6 Å². The molecule has 3 rings (SSSR count). The summed E-state index contributed by atoms with van der Waals surface area (Å²) in [5.41, 5.74) is 10.2. The van der Waals surface area contributed by atoms with Crippen molar-refractivity contribution in [1.29, 1.82) is 0 Å². The molecule has 0 bridgehead atoms. The topological polar surface area (TPSA) is 72.5 Å². The van der Waals surface area contributed by atoms with Crippen LogP contribution < -0.4 is 5.73 Å². The van der Waals surface area contributed by atoms with Gasteiger partial charge in [0, 0.05) is 5.41 Å². The Bertz CT molecular complexity index is 789. The van der Waals surface area contributed by atoms with E-state index in [0.29, 0.717) is 12.4 Å². The molecule has 0 radical (unpaired) electrons. The quantitative estimate of drug-likeness (QED) is 0.759. The number of nitrogens with one attached hydrogen (secondary N) is 1. The van der Waals surface area contributed by atoms with Gasteiger partial charge in [-0.15, -0.1) is 0 Å². The van der Waals surface area contributed by atoms with Crippen LogP contribution in [-0.2, 0) is 12.0 Å². The van der Waals surface area contributed by atoms with Gasteiger partial charge in [0.1, 0.15) is 5.82 Å². The monoisotopic (exact) mass is 283 g/mol. The van der Waals surface area contributed by atoms with E-state index in [2.05, 4.69) is 62.2 Å². The fourth-order valence-corrected chi connectivity index (χ4v) is 2.60. The van der Waals surface area contributed by atoms with E-state index in [9.17, 15) is 0 Å². The molecule has 0 saturated heterocycles.